The quantitative estimate of drug-likeness (QED) is 0.866. The van der Waals surface area contributed by atoms with Crippen molar-refractivity contribution in [2.45, 2.75) is 6.36 Å². The first kappa shape index (κ1) is 13.4. The van der Waals surface area contributed by atoms with Crippen molar-refractivity contribution in [3.63, 3.8) is 0 Å². The summed E-state index contributed by atoms with van der Waals surface area (Å²) in [6, 6.07) is 3.52. The van der Waals surface area contributed by atoms with Crippen LogP contribution in [-0.4, -0.2) is 16.6 Å². The van der Waals surface area contributed by atoms with Gasteiger partial charge < -0.3 is 9.72 Å². The van der Waals surface area contributed by atoms with Gasteiger partial charge in [0, 0.05) is 6.20 Å². The van der Waals surface area contributed by atoms with Crippen LogP contribution in [0.25, 0.3) is 10.9 Å². The molecule has 0 radical (unpaired) electrons. The van der Waals surface area contributed by atoms with Crippen LogP contribution in [0.5, 0.6) is 5.75 Å². The first-order valence-electron chi connectivity index (χ1n) is 4.89. The van der Waals surface area contributed by atoms with Crippen molar-refractivity contribution in [1.29, 1.82) is 0 Å². The van der Waals surface area contributed by atoms with Crippen LogP contribution in [0.4, 0.5) is 13.2 Å². The predicted molar refractivity (Wildman–Crippen MR) is 61.4 cm³/mol. The highest BCUT2D eigenvalue weighted by Crippen LogP contribution is 2.28. The number of carbonyl (C=O) groups is 1. The summed E-state index contributed by atoms with van der Waals surface area (Å²) in [5.41, 5.74) is -1.27. The Morgan fingerprint density at radius 3 is 2.58 bits per heavy atom. The molecule has 0 aliphatic carbocycles. The van der Waals surface area contributed by atoms with Crippen LogP contribution >= 0.6 is 11.6 Å². The zero-order valence-electron chi connectivity index (χ0n) is 9.05. The van der Waals surface area contributed by atoms with Gasteiger partial charge in [-0.25, -0.2) is 0 Å². The normalized spacial score (nSPS) is 11.6. The Morgan fingerprint density at radius 2 is 2.00 bits per heavy atom. The lowest BCUT2D eigenvalue weighted by molar-refractivity contribution is -0.274. The fraction of sp³-hybridized carbons (Fsp3) is 0.0909. The Balaban J connectivity index is 2.69. The smallest absolute Gasteiger partial charge is 0.404 e. The third kappa shape index (κ3) is 2.70. The number of carbonyl (C=O) groups excluding carboxylic acids is 1. The minimum atomic E-state index is -4.88. The summed E-state index contributed by atoms with van der Waals surface area (Å²) in [5.74, 6) is -0.560. The fourth-order valence-electron chi connectivity index (χ4n) is 1.58. The second-order valence-corrected chi connectivity index (χ2v) is 3.87. The van der Waals surface area contributed by atoms with Gasteiger partial charge >= 0.3 is 6.36 Å². The molecule has 0 saturated carbocycles. The average Bonchev–Trinajstić information content (AvgIpc) is 2.28. The van der Waals surface area contributed by atoms with Crippen molar-refractivity contribution in [1.82, 2.24) is 4.98 Å². The van der Waals surface area contributed by atoms with Crippen LogP contribution in [-0.2, 0) is 0 Å². The number of hydrogen-bond acceptors (Lipinski definition) is 3. The molecule has 1 N–H and O–H groups in total. The molecule has 0 atom stereocenters. The van der Waals surface area contributed by atoms with E-state index in [2.05, 4.69) is 9.72 Å². The minimum Gasteiger partial charge on any atom is -0.404 e. The lowest BCUT2D eigenvalue weighted by atomic mass is 10.1. The number of aromatic nitrogens is 1. The summed E-state index contributed by atoms with van der Waals surface area (Å²) < 4.78 is 40.3. The van der Waals surface area contributed by atoms with Crippen molar-refractivity contribution >= 4 is 27.7 Å². The second kappa shape index (κ2) is 4.58. The van der Waals surface area contributed by atoms with Crippen LogP contribution < -0.4 is 10.2 Å². The molecular weight excluding hydrogens is 287 g/mol. The summed E-state index contributed by atoms with van der Waals surface area (Å²) in [6.07, 6.45) is -3.94. The summed E-state index contributed by atoms with van der Waals surface area (Å²) in [5, 5.41) is -1.11. The van der Waals surface area contributed by atoms with Gasteiger partial charge in [0.15, 0.2) is 5.75 Å². The molecule has 0 saturated heterocycles. The Hall–Kier alpha value is -2.02. The monoisotopic (exact) mass is 291 g/mol. The molecular formula is C11H5ClF3NO3. The van der Waals surface area contributed by atoms with Gasteiger partial charge in [0.25, 0.3) is 5.24 Å². The molecule has 100 valence electrons. The molecule has 2 rings (SSSR count). The maximum absolute atomic E-state index is 12.2. The number of nitrogens with one attached hydrogen (secondary N) is 1. The van der Waals surface area contributed by atoms with E-state index in [0.29, 0.717) is 0 Å². The standard InChI is InChI=1S/C11H5ClF3NO3/c12-10(18)6-4-16-8-5(9(6)17)2-1-3-7(8)19-11(13,14)15/h1-4H,(H,16,17). The van der Waals surface area contributed by atoms with Crippen molar-refractivity contribution in [2.24, 2.45) is 0 Å². The number of halogens is 4. The molecule has 0 fully saturated rings. The molecule has 19 heavy (non-hydrogen) atoms. The van der Waals surface area contributed by atoms with E-state index >= 15 is 0 Å². The van der Waals surface area contributed by atoms with E-state index in [9.17, 15) is 22.8 Å². The molecule has 0 amide bonds. The van der Waals surface area contributed by atoms with Gasteiger partial charge in [-0.3, -0.25) is 9.59 Å². The van der Waals surface area contributed by atoms with Gasteiger partial charge in [-0.1, -0.05) is 6.07 Å². The molecule has 0 unspecified atom stereocenters. The molecule has 4 nitrogen and oxygen atoms in total. The molecule has 2 aromatic rings. The predicted octanol–water partition coefficient (Wildman–Crippen LogP) is 2.81. The van der Waals surface area contributed by atoms with E-state index < -0.39 is 22.8 Å². The van der Waals surface area contributed by atoms with E-state index in [-0.39, 0.29) is 16.5 Å². The molecule has 1 aromatic carbocycles. The fourth-order valence-corrected chi connectivity index (χ4v) is 1.72. The Bertz CT molecular complexity index is 708. The van der Waals surface area contributed by atoms with Crippen LogP contribution in [0.2, 0.25) is 0 Å². The molecule has 0 spiro atoms. The summed E-state index contributed by atoms with van der Waals surface area (Å²) >= 11 is 5.18. The summed E-state index contributed by atoms with van der Waals surface area (Å²) in [4.78, 5) is 25.2. The summed E-state index contributed by atoms with van der Waals surface area (Å²) in [7, 11) is 0. The molecule has 8 heteroatoms. The third-order valence-electron chi connectivity index (χ3n) is 2.31. The number of H-pyrrole nitrogens is 1. The minimum absolute atomic E-state index is 0.117. The van der Waals surface area contributed by atoms with Crippen LogP contribution in [0.3, 0.4) is 0 Å². The van der Waals surface area contributed by atoms with Gasteiger partial charge in [-0.15, -0.1) is 13.2 Å². The SMILES string of the molecule is O=C(Cl)c1c[nH]c2c(OC(F)(F)F)cccc2c1=O. The van der Waals surface area contributed by atoms with Gasteiger partial charge in [0.05, 0.1) is 16.5 Å². The van der Waals surface area contributed by atoms with Gasteiger partial charge in [-0.05, 0) is 23.7 Å². The number of benzene rings is 1. The van der Waals surface area contributed by atoms with Crippen molar-refractivity contribution in [2.75, 3.05) is 0 Å². The number of alkyl halides is 3. The topological polar surface area (TPSA) is 59.2 Å². The molecule has 1 heterocycles. The summed E-state index contributed by atoms with van der Waals surface area (Å²) in [6.45, 7) is 0. The van der Waals surface area contributed by atoms with Crippen molar-refractivity contribution in [3.8, 4) is 5.75 Å². The highest BCUT2D eigenvalue weighted by molar-refractivity contribution is 6.67. The number of hydrogen-bond donors (Lipinski definition) is 1. The van der Waals surface area contributed by atoms with E-state index in [1.54, 1.807) is 0 Å². The maximum Gasteiger partial charge on any atom is 0.573 e. The third-order valence-corrected chi connectivity index (χ3v) is 2.52. The van der Waals surface area contributed by atoms with Crippen LogP contribution in [0, 0.1) is 0 Å². The Kier molecular flexibility index (Phi) is 3.23. The number of rotatable bonds is 2. The van der Waals surface area contributed by atoms with Gasteiger partial charge in [-0.2, -0.15) is 0 Å². The van der Waals surface area contributed by atoms with Gasteiger partial charge in [0.1, 0.15) is 0 Å². The van der Waals surface area contributed by atoms with Gasteiger partial charge in [0.2, 0.25) is 5.43 Å². The van der Waals surface area contributed by atoms with E-state index in [0.717, 1.165) is 12.3 Å². The van der Waals surface area contributed by atoms with Crippen LogP contribution in [0.1, 0.15) is 10.4 Å². The van der Waals surface area contributed by atoms with E-state index in [1.165, 1.54) is 12.1 Å². The molecule has 0 aliphatic heterocycles. The number of ether oxygens (including phenoxy) is 1. The number of fused-ring (bicyclic) bond motifs is 1. The van der Waals surface area contributed by atoms with Crippen LogP contribution in [0.15, 0.2) is 29.2 Å². The lowest BCUT2D eigenvalue weighted by Gasteiger charge is -2.11. The van der Waals surface area contributed by atoms with E-state index in [1.807, 2.05) is 0 Å². The first-order valence-corrected chi connectivity index (χ1v) is 5.27. The zero-order chi connectivity index (χ0) is 14.2. The largest absolute Gasteiger partial charge is 0.573 e. The Labute approximate surface area is 108 Å². The molecule has 0 bridgehead atoms. The molecule has 1 aromatic heterocycles. The first-order chi connectivity index (χ1) is 8.79. The average molecular weight is 292 g/mol. The van der Waals surface area contributed by atoms with E-state index in [4.69, 9.17) is 11.6 Å². The zero-order valence-corrected chi connectivity index (χ0v) is 9.80. The highest BCUT2D eigenvalue weighted by Gasteiger charge is 2.32. The Morgan fingerprint density at radius 1 is 1.32 bits per heavy atom. The maximum atomic E-state index is 12.2. The second-order valence-electron chi connectivity index (χ2n) is 3.53. The highest BCUT2D eigenvalue weighted by atomic mass is 35.5. The van der Waals surface area contributed by atoms with Crippen molar-refractivity contribution < 1.29 is 22.7 Å². The lowest BCUT2D eigenvalue weighted by Crippen LogP contribution is -2.18. The van der Waals surface area contributed by atoms with Crippen molar-refractivity contribution in [3.05, 3.63) is 40.2 Å². The molecule has 0 aliphatic rings. The number of aromatic amines is 1. The number of para-hydroxylation sites is 1. The number of pyridine rings is 1.